The summed E-state index contributed by atoms with van der Waals surface area (Å²) in [5.41, 5.74) is 6.07. The molecule has 4 N–H and O–H groups in total. The van der Waals surface area contributed by atoms with Crippen molar-refractivity contribution in [2.45, 2.75) is 95.2 Å². The maximum atomic E-state index is 13.4. The van der Waals surface area contributed by atoms with Crippen LogP contribution in [0.2, 0.25) is 5.02 Å². The molecule has 1 saturated heterocycles. The molecule has 6 rings (SSSR count). The van der Waals surface area contributed by atoms with Crippen molar-refractivity contribution < 1.29 is 29.4 Å². The number of pyridine rings is 1. The number of hydrogen-bond acceptors (Lipinski definition) is 7. The highest BCUT2D eigenvalue weighted by molar-refractivity contribution is 6.31. The molecule has 2 aliphatic heterocycles. The standard InChI is InChI=1S/C43H53ClN6O6/c1-48-38-19-17-31(44)26-34(38)33(41(48)30-11-9-22-45-27-30)12-3-2-4-15-39(51)49-24-20-32(21-25-49)46-23-8-7-13-36(43(55)56)47-35-18-16-29-10-5-6-14-37(29)50(42(35)54)28-40(52)53/h5-6,9-11,14,17,19,22,26-27,32,35-36,46-47H,2-4,7-8,12-13,15-16,18,20-21,23-25,28H2,1H3,(H,52,53)(H,55,56)/t35-,36+/m1/s1. The zero-order valence-corrected chi connectivity index (χ0v) is 32.8. The molecule has 298 valence electrons. The zero-order chi connectivity index (χ0) is 39.6. The zero-order valence-electron chi connectivity index (χ0n) is 32.1. The number of hydrogen-bond donors (Lipinski definition) is 4. The summed E-state index contributed by atoms with van der Waals surface area (Å²) < 4.78 is 2.22. The highest BCUT2D eigenvalue weighted by Crippen LogP contribution is 2.35. The summed E-state index contributed by atoms with van der Waals surface area (Å²) >= 11 is 6.41. The summed E-state index contributed by atoms with van der Waals surface area (Å²) in [6.07, 6.45) is 12.3. The van der Waals surface area contributed by atoms with Crippen molar-refractivity contribution in [2.24, 2.45) is 7.05 Å². The highest BCUT2D eigenvalue weighted by Gasteiger charge is 2.34. The number of halogens is 1. The number of carbonyl (C=O) groups excluding carboxylic acids is 2. The Balaban J connectivity index is 0.884. The minimum atomic E-state index is -1.13. The van der Waals surface area contributed by atoms with Gasteiger partial charge in [-0.25, -0.2) is 0 Å². The van der Waals surface area contributed by atoms with Crippen LogP contribution in [0, 0.1) is 0 Å². The van der Waals surface area contributed by atoms with E-state index in [1.165, 1.54) is 10.5 Å². The monoisotopic (exact) mass is 784 g/mol. The number of fused-ring (bicyclic) bond motifs is 2. The molecule has 2 amide bonds. The number of para-hydroxylation sites is 1. The van der Waals surface area contributed by atoms with Crippen LogP contribution in [0.25, 0.3) is 22.2 Å². The van der Waals surface area contributed by atoms with E-state index in [0.717, 1.165) is 97.3 Å². The lowest BCUT2D eigenvalue weighted by molar-refractivity contribution is -0.141. The summed E-state index contributed by atoms with van der Waals surface area (Å²) in [6.45, 7) is 1.71. The molecule has 56 heavy (non-hydrogen) atoms. The van der Waals surface area contributed by atoms with Gasteiger partial charge in [-0.3, -0.25) is 34.4 Å². The fourth-order valence-corrected chi connectivity index (χ4v) is 8.50. The number of piperidine rings is 1. The molecule has 2 atom stereocenters. The van der Waals surface area contributed by atoms with Crippen LogP contribution < -0.4 is 15.5 Å². The fourth-order valence-electron chi connectivity index (χ4n) is 8.33. The Morgan fingerprint density at radius 3 is 2.52 bits per heavy atom. The molecule has 1 fully saturated rings. The van der Waals surface area contributed by atoms with Crippen molar-refractivity contribution in [1.29, 1.82) is 0 Å². The van der Waals surface area contributed by atoms with Gasteiger partial charge >= 0.3 is 11.9 Å². The van der Waals surface area contributed by atoms with Crippen molar-refractivity contribution in [2.75, 3.05) is 31.1 Å². The molecular weight excluding hydrogens is 732 g/mol. The Bertz CT molecular complexity index is 2000. The number of carboxylic acid groups (broad SMARTS) is 2. The summed E-state index contributed by atoms with van der Waals surface area (Å²) in [7, 11) is 2.08. The van der Waals surface area contributed by atoms with Gasteiger partial charge in [-0.05, 0) is 112 Å². The Morgan fingerprint density at radius 2 is 1.77 bits per heavy atom. The van der Waals surface area contributed by atoms with E-state index in [-0.39, 0.29) is 5.91 Å². The van der Waals surface area contributed by atoms with Crippen molar-refractivity contribution in [3.8, 4) is 11.3 Å². The van der Waals surface area contributed by atoms with Gasteiger partial charge in [-0.2, -0.15) is 0 Å². The van der Waals surface area contributed by atoms with Crippen LogP contribution in [-0.4, -0.2) is 92.7 Å². The minimum absolute atomic E-state index is 0.214. The van der Waals surface area contributed by atoms with Crippen LogP contribution in [-0.2, 0) is 39.1 Å². The molecule has 2 aromatic carbocycles. The Labute approximate surface area is 333 Å². The SMILES string of the molecule is Cn1c(-c2cccnc2)c(CCCCCC(=O)N2CCC(NCCCC[C@H](N[C@@H]3CCc4ccccc4N(CC(=O)O)C3=O)C(=O)O)CC2)c2cc(Cl)ccc21. The number of rotatable bonds is 18. The van der Waals surface area contributed by atoms with Crippen LogP contribution in [0.1, 0.15) is 75.3 Å². The smallest absolute Gasteiger partial charge is 0.323 e. The molecule has 4 heterocycles. The molecule has 0 spiro atoms. The number of nitrogens with one attached hydrogen (secondary N) is 2. The lowest BCUT2D eigenvalue weighted by atomic mass is 9.99. The molecular formula is C43H53ClN6O6. The number of nitrogens with zero attached hydrogens (tertiary/aromatic N) is 4. The van der Waals surface area contributed by atoms with Gasteiger partial charge in [0.05, 0.1) is 11.7 Å². The average molecular weight is 785 g/mol. The van der Waals surface area contributed by atoms with E-state index in [1.54, 1.807) is 18.3 Å². The first-order valence-electron chi connectivity index (χ1n) is 19.9. The minimum Gasteiger partial charge on any atom is -0.480 e. The van der Waals surface area contributed by atoms with E-state index in [2.05, 4.69) is 39.4 Å². The molecule has 0 aliphatic carbocycles. The maximum absolute atomic E-state index is 13.4. The second-order valence-corrected chi connectivity index (χ2v) is 15.5. The van der Waals surface area contributed by atoms with Gasteiger partial charge in [0.25, 0.3) is 0 Å². The number of aliphatic carboxylic acids is 2. The Morgan fingerprint density at radius 1 is 0.964 bits per heavy atom. The van der Waals surface area contributed by atoms with Gasteiger partial charge in [0, 0.05) is 72.2 Å². The highest BCUT2D eigenvalue weighted by atomic mass is 35.5. The van der Waals surface area contributed by atoms with Gasteiger partial charge in [0.1, 0.15) is 12.6 Å². The number of aryl methyl sites for hydroxylation is 3. The number of carboxylic acids is 2. The van der Waals surface area contributed by atoms with E-state index < -0.39 is 36.5 Å². The van der Waals surface area contributed by atoms with Crippen LogP contribution in [0.3, 0.4) is 0 Å². The first-order chi connectivity index (χ1) is 27.1. The Kier molecular flexibility index (Phi) is 14.1. The normalized spacial score (nSPS) is 16.8. The largest absolute Gasteiger partial charge is 0.480 e. The van der Waals surface area contributed by atoms with Gasteiger partial charge in [-0.15, -0.1) is 0 Å². The molecule has 0 saturated carbocycles. The van der Waals surface area contributed by atoms with E-state index in [9.17, 15) is 29.4 Å². The fraction of sp³-hybridized carbons (Fsp3) is 0.465. The molecule has 12 nitrogen and oxygen atoms in total. The first kappa shape index (κ1) is 40.9. The van der Waals surface area contributed by atoms with Gasteiger partial charge < -0.3 is 25.0 Å². The maximum Gasteiger partial charge on any atom is 0.323 e. The van der Waals surface area contributed by atoms with E-state index >= 15 is 0 Å². The molecule has 0 bridgehead atoms. The summed E-state index contributed by atoms with van der Waals surface area (Å²) in [4.78, 5) is 57.8. The molecule has 0 unspecified atom stereocenters. The quantitative estimate of drug-likeness (QED) is 0.0860. The van der Waals surface area contributed by atoms with Crippen LogP contribution in [0.15, 0.2) is 67.0 Å². The number of likely N-dealkylation sites (tertiary alicyclic amines) is 1. The van der Waals surface area contributed by atoms with E-state index in [1.807, 2.05) is 41.4 Å². The number of aromatic nitrogens is 2. The predicted molar refractivity (Wildman–Crippen MR) is 218 cm³/mol. The average Bonchev–Trinajstić information content (AvgIpc) is 3.39. The molecule has 2 aliphatic rings. The van der Waals surface area contributed by atoms with Crippen LogP contribution in [0.5, 0.6) is 0 Å². The van der Waals surface area contributed by atoms with Gasteiger partial charge in [-0.1, -0.05) is 42.6 Å². The number of benzene rings is 2. The summed E-state index contributed by atoms with van der Waals surface area (Å²) in [5, 5.41) is 27.9. The lowest BCUT2D eigenvalue weighted by Gasteiger charge is -2.32. The third-order valence-electron chi connectivity index (χ3n) is 11.3. The number of amides is 2. The molecule has 4 aromatic rings. The third-order valence-corrected chi connectivity index (χ3v) is 11.5. The van der Waals surface area contributed by atoms with E-state index in [0.29, 0.717) is 43.8 Å². The van der Waals surface area contributed by atoms with E-state index in [4.69, 9.17) is 11.6 Å². The van der Waals surface area contributed by atoms with Crippen molar-refractivity contribution in [3.05, 3.63) is 83.1 Å². The number of carbonyl (C=O) groups is 4. The first-order valence-corrected chi connectivity index (χ1v) is 20.3. The third kappa shape index (κ3) is 10.1. The number of unbranched alkanes of at least 4 members (excludes halogenated alkanes) is 3. The second kappa shape index (κ2) is 19.4. The van der Waals surface area contributed by atoms with Gasteiger partial charge in [0.15, 0.2) is 0 Å². The predicted octanol–water partition coefficient (Wildman–Crippen LogP) is 6.22. The second-order valence-electron chi connectivity index (χ2n) is 15.1. The van der Waals surface area contributed by atoms with Gasteiger partial charge in [0.2, 0.25) is 11.8 Å². The summed E-state index contributed by atoms with van der Waals surface area (Å²) in [5.74, 6) is -2.37. The van der Waals surface area contributed by atoms with Crippen LogP contribution in [0.4, 0.5) is 5.69 Å². The molecule has 2 aromatic heterocycles. The van der Waals surface area contributed by atoms with Crippen molar-refractivity contribution in [1.82, 2.24) is 25.1 Å². The van der Waals surface area contributed by atoms with Crippen LogP contribution >= 0.6 is 11.6 Å². The van der Waals surface area contributed by atoms with Crippen molar-refractivity contribution >= 4 is 51.9 Å². The number of anilines is 1. The Hall–Kier alpha value is -4.78. The molecule has 13 heteroatoms. The lowest BCUT2D eigenvalue weighted by Crippen LogP contribution is -2.52. The molecule has 0 radical (unpaired) electrons. The topological polar surface area (TPSA) is 157 Å². The summed E-state index contributed by atoms with van der Waals surface area (Å²) in [6, 6.07) is 15.9. The van der Waals surface area contributed by atoms with Crippen molar-refractivity contribution in [3.63, 3.8) is 0 Å².